The number of carbonyl (C=O) groups excluding carboxylic acids is 2. The molecule has 5 N–H and O–H groups in total. The number of anilines is 1. The Morgan fingerprint density at radius 2 is 1.95 bits per heavy atom. The molecule has 2 aromatic rings. The third kappa shape index (κ3) is 6.73. The predicted octanol–water partition coefficient (Wildman–Crippen LogP) is 2.23. The Labute approximate surface area is 229 Å². The molecule has 0 aliphatic carbocycles. The van der Waals surface area contributed by atoms with Gasteiger partial charge in [-0.3, -0.25) is 14.6 Å². The number of aliphatic imine (C=N–C) groups is 1. The highest BCUT2D eigenvalue weighted by molar-refractivity contribution is 6.32. The number of likely N-dealkylation sites (N-methyl/N-ethyl adjacent to an activating group) is 1. The second-order valence-corrected chi connectivity index (χ2v) is 11.4. The molecule has 0 unspecified atom stereocenters. The molecule has 0 spiro atoms. The van der Waals surface area contributed by atoms with Gasteiger partial charge in [-0.15, -0.1) is 0 Å². The molecule has 1 saturated heterocycles. The highest BCUT2D eigenvalue weighted by Gasteiger charge is 2.32. The molecule has 1 aromatic carbocycles. The number of aryl methyl sites for hydroxylation is 1. The lowest BCUT2D eigenvalue weighted by atomic mass is 9.85. The number of rotatable bonds is 8. The van der Waals surface area contributed by atoms with Crippen LogP contribution in [0.2, 0.25) is 5.02 Å². The second kappa shape index (κ2) is 11.6. The van der Waals surface area contributed by atoms with Crippen molar-refractivity contribution in [2.24, 2.45) is 17.8 Å². The molecule has 0 saturated carbocycles. The summed E-state index contributed by atoms with van der Waals surface area (Å²) < 4.78 is 1.72. The van der Waals surface area contributed by atoms with E-state index in [9.17, 15) is 9.59 Å². The van der Waals surface area contributed by atoms with Gasteiger partial charge < -0.3 is 31.2 Å². The van der Waals surface area contributed by atoms with Gasteiger partial charge in [-0.05, 0) is 44.1 Å². The van der Waals surface area contributed by atoms with E-state index in [0.29, 0.717) is 53.1 Å². The third-order valence-electron chi connectivity index (χ3n) is 6.45. The number of nitrogen functional groups attached to an aromatic ring is 1. The lowest BCUT2D eigenvalue weighted by Gasteiger charge is -2.39. The largest absolute Gasteiger partial charge is 0.398 e. The molecule has 2 heterocycles. The number of likely N-dealkylation sites (tertiary alicyclic amines) is 1. The summed E-state index contributed by atoms with van der Waals surface area (Å²) in [6.07, 6.45) is 3.40. The predicted molar refractivity (Wildman–Crippen MR) is 152 cm³/mol. The summed E-state index contributed by atoms with van der Waals surface area (Å²) in [7, 11) is 5.65. The average Bonchev–Trinajstić information content (AvgIpc) is 3.05. The van der Waals surface area contributed by atoms with Crippen molar-refractivity contribution in [2.75, 3.05) is 39.5 Å². The fourth-order valence-corrected chi connectivity index (χ4v) is 4.71. The number of nitrogens with two attached hydrogens (primary N) is 2. The minimum absolute atomic E-state index is 0.0530. The van der Waals surface area contributed by atoms with Crippen LogP contribution >= 0.6 is 11.6 Å². The fourth-order valence-electron chi connectivity index (χ4n) is 4.25. The van der Waals surface area contributed by atoms with Gasteiger partial charge in [-0.2, -0.15) is 0 Å². The van der Waals surface area contributed by atoms with E-state index in [4.69, 9.17) is 23.1 Å². The number of amides is 2. The number of nitrogens with one attached hydrogen (secondary N) is 1. The highest BCUT2D eigenvalue weighted by Crippen LogP contribution is 2.33. The van der Waals surface area contributed by atoms with E-state index in [1.165, 1.54) is 0 Å². The first-order valence-electron chi connectivity index (χ1n) is 12.5. The molecule has 0 atom stereocenters. The van der Waals surface area contributed by atoms with Crippen molar-refractivity contribution in [3.05, 3.63) is 57.6 Å². The van der Waals surface area contributed by atoms with E-state index in [1.807, 2.05) is 31.1 Å². The zero-order valence-corrected chi connectivity index (χ0v) is 24.1. The molecule has 11 heteroatoms. The van der Waals surface area contributed by atoms with E-state index < -0.39 is 0 Å². The van der Waals surface area contributed by atoms with Crippen LogP contribution in [-0.2, 0) is 23.8 Å². The third-order valence-corrected chi connectivity index (χ3v) is 6.76. The molecule has 38 heavy (non-hydrogen) atoms. The zero-order chi connectivity index (χ0) is 28.4. The molecule has 10 nitrogen and oxygen atoms in total. The van der Waals surface area contributed by atoms with Gasteiger partial charge >= 0.3 is 0 Å². The van der Waals surface area contributed by atoms with Gasteiger partial charge in [0.1, 0.15) is 17.4 Å². The highest BCUT2D eigenvalue weighted by atomic mass is 35.5. The molecule has 1 aliphatic heterocycles. The Balaban J connectivity index is 1.66. The number of carbonyl (C=O) groups is 2. The van der Waals surface area contributed by atoms with Crippen LogP contribution in [0, 0.1) is 6.92 Å². The van der Waals surface area contributed by atoms with Gasteiger partial charge in [-0.1, -0.05) is 38.4 Å². The van der Waals surface area contributed by atoms with Crippen molar-refractivity contribution in [1.82, 2.24) is 24.7 Å². The van der Waals surface area contributed by atoms with Gasteiger partial charge in [0.25, 0.3) is 5.91 Å². The number of amidine groups is 1. The standard InChI is InChI=1S/C27H39ClN8O2/c1-16-24(26(38)33-17-14-36(15-17)23(37)9-8-10-34(5)6)35(7)22(32-16)13-31-25(30)18-11-19(27(2,3)4)20(28)12-21(18)29/h8-9,11-12,17H,10,13-15,29H2,1-7H3,(H2,30,31)(H,33,38)/b9-8+. The molecule has 1 aliphatic rings. The Morgan fingerprint density at radius 1 is 1.29 bits per heavy atom. The first-order valence-corrected chi connectivity index (χ1v) is 12.9. The molecule has 2 amide bonds. The fraction of sp³-hybridized carbons (Fsp3) is 0.481. The van der Waals surface area contributed by atoms with E-state index in [2.05, 4.69) is 36.1 Å². The van der Waals surface area contributed by atoms with E-state index in [1.54, 1.807) is 35.6 Å². The van der Waals surface area contributed by atoms with Crippen molar-refractivity contribution in [3.63, 3.8) is 0 Å². The molecule has 0 bridgehead atoms. The number of hydrogen-bond donors (Lipinski definition) is 3. The number of imidazole rings is 1. The summed E-state index contributed by atoms with van der Waals surface area (Å²) >= 11 is 6.40. The summed E-state index contributed by atoms with van der Waals surface area (Å²) in [5.41, 5.74) is 15.3. The first kappa shape index (κ1) is 29.2. The SMILES string of the molecule is Cc1nc(CN=C(N)c2cc(C(C)(C)C)c(Cl)cc2N)n(C)c1C(=O)NC1CN(C(=O)/C=C/CN(C)C)C1. The first-order chi connectivity index (χ1) is 17.7. The van der Waals surface area contributed by atoms with Crippen molar-refractivity contribution < 1.29 is 9.59 Å². The normalized spacial score (nSPS) is 14.9. The van der Waals surface area contributed by atoms with E-state index in [-0.39, 0.29) is 35.7 Å². The summed E-state index contributed by atoms with van der Waals surface area (Å²) in [6, 6.07) is 3.47. The van der Waals surface area contributed by atoms with Gasteiger partial charge in [0.15, 0.2) is 0 Å². The maximum absolute atomic E-state index is 13.0. The number of halogens is 1. The molecular weight excluding hydrogens is 504 g/mol. The van der Waals surface area contributed by atoms with Crippen molar-refractivity contribution >= 4 is 34.9 Å². The van der Waals surface area contributed by atoms with Crippen LogP contribution in [0.5, 0.6) is 0 Å². The number of hydrogen-bond acceptors (Lipinski definition) is 6. The monoisotopic (exact) mass is 542 g/mol. The van der Waals surface area contributed by atoms with Crippen molar-refractivity contribution in [3.8, 4) is 0 Å². The Kier molecular flexibility index (Phi) is 8.89. The van der Waals surface area contributed by atoms with E-state index in [0.717, 1.165) is 5.56 Å². The van der Waals surface area contributed by atoms with Gasteiger partial charge in [0, 0.05) is 49.0 Å². The van der Waals surface area contributed by atoms with Crippen LogP contribution in [0.1, 0.15) is 53.9 Å². The smallest absolute Gasteiger partial charge is 0.270 e. The van der Waals surface area contributed by atoms with Crippen LogP contribution < -0.4 is 16.8 Å². The Morgan fingerprint density at radius 3 is 2.55 bits per heavy atom. The molecule has 1 aromatic heterocycles. The lowest BCUT2D eigenvalue weighted by Crippen LogP contribution is -2.60. The second-order valence-electron chi connectivity index (χ2n) is 11.0. The summed E-state index contributed by atoms with van der Waals surface area (Å²) in [5, 5.41) is 3.58. The quantitative estimate of drug-likeness (QED) is 0.203. The number of nitrogens with zero attached hydrogens (tertiary/aromatic N) is 5. The van der Waals surface area contributed by atoms with Crippen LogP contribution in [0.4, 0.5) is 5.69 Å². The summed E-state index contributed by atoms with van der Waals surface area (Å²) in [5.74, 6) is 0.575. The van der Waals surface area contributed by atoms with Crippen LogP contribution in [0.15, 0.2) is 29.3 Å². The number of benzene rings is 1. The Hall–Kier alpha value is -3.37. The van der Waals surface area contributed by atoms with Crippen LogP contribution in [0.25, 0.3) is 0 Å². The molecule has 1 fully saturated rings. The maximum atomic E-state index is 13.0. The minimum atomic E-state index is -0.238. The zero-order valence-electron chi connectivity index (χ0n) is 23.3. The molecular formula is C27H39ClN8O2. The van der Waals surface area contributed by atoms with Crippen molar-refractivity contribution in [1.29, 1.82) is 0 Å². The summed E-state index contributed by atoms with van der Waals surface area (Å²) in [4.78, 5) is 37.9. The molecule has 3 rings (SSSR count). The molecule has 0 radical (unpaired) electrons. The molecule has 206 valence electrons. The number of aromatic nitrogens is 2. The average molecular weight is 543 g/mol. The maximum Gasteiger partial charge on any atom is 0.270 e. The summed E-state index contributed by atoms with van der Waals surface area (Å²) in [6.45, 7) is 9.79. The Bertz CT molecular complexity index is 1270. The van der Waals surface area contributed by atoms with Crippen LogP contribution in [-0.4, -0.2) is 76.8 Å². The minimum Gasteiger partial charge on any atom is -0.398 e. The van der Waals surface area contributed by atoms with Crippen molar-refractivity contribution in [2.45, 2.75) is 45.7 Å². The topological polar surface area (TPSA) is 135 Å². The van der Waals surface area contributed by atoms with Crippen LogP contribution in [0.3, 0.4) is 0 Å². The van der Waals surface area contributed by atoms with Gasteiger partial charge in [0.05, 0.1) is 18.3 Å². The van der Waals surface area contributed by atoms with E-state index >= 15 is 0 Å². The van der Waals surface area contributed by atoms with Gasteiger partial charge in [-0.25, -0.2) is 4.98 Å². The lowest BCUT2D eigenvalue weighted by molar-refractivity contribution is -0.130. The van der Waals surface area contributed by atoms with Gasteiger partial charge in [0.2, 0.25) is 5.91 Å².